The first kappa shape index (κ1) is 17.4. The number of anilines is 1. The van der Waals surface area contributed by atoms with Gasteiger partial charge in [-0.25, -0.2) is 13.9 Å². The first-order valence-electron chi connectivity index (χ1n) is 8.52. The lowest BCUT2D eigenvalue weighted by atomic mass is 10.0. The Bertz CT molecular complexity index is 783. The number of nitrogen functional groups attached to an aromatic ring is 1. The number of carbonyl (C=O) groups is 1. The standard InChI is InChI=1S/C17H24FN5O2/c1-17(2,3)25-16(24)22-7-5-4-6-11(22)10-23-15-8-12(18)13(19)9-14(15)20-21-23/h8-9,11H,4-7,10,19H2,1-3H3. The maximum Gasteiger partial charge on any atom is 0.410 e. The Kier molecular flexibility index (Phi) is 4.53. The smallest absolute Gasteiger partial charge is 0.410 e. The molecule has 1 amide bonds. The molecule has 1 fully saturated rings. The lowest BCUT2D eigenvalue weighted by Gasteiger charge is -2.36. The molecule has 0 radical (unpaired) electrons. The van der Waals surface area contributed by atoms with E-state index in [0.29, 0.717) is 24.1 Å². The van der Waals surface area contributed by atoms with Crippen LogP contribution in [0.3, 0.4) is 0 Å². The Labute approximate surface area is 145 Å². The molecule has 1 aromatic heterocycles. The van der Waals surface area contributed by atoms with Gasteiger partial charge in [0.1, 0.15) is 16.9 Å². The van der Waals surface area contributed by atoms with E-state index in [9.17, 15) is 9.18 Å². The van der Waals surface area contributed by atoms with E-state index in [1.807, 2.05) is 20.8 Å². The van der Waals surface area contributed by atoms with Crippen LogP contribution in [0, 0.1) is 5.82 Å². The van der Waals surface area contributed by atoms with Crippen molar-refractivity contribution in [2.75, 3.05) is 12.3 Å². The number of hydrogen-bond donors (Lipinski definition) is 1. The largest absolute Gasteiger partial charge is 0.444 e. The second kappa shape index (κ2) is 6.50. The molecule has 2 N–H and O–H groups in total. The van der Waals surface area contributed by atoms with Crippen LogP contribution in [0.1, 0.15) is 40.0 Å². The van der Waals surface area contributed by atoms with Gasteiger partial charge in [0, 0.05) is 12.6 Å². The number of carbonyl (C=O) groups excluding carboxylic acids is 1. The van der Waals surface area contributed by atoms with E-state index in [1.54, 1.807) is 9.58 Å². The third-order valence-electron chi connectivity index (χ3n) is 4.27. The molecule has 1 unspecified atom stereocenters. The highest BCUT2D eigenvalue weighted by atomic mass is 19.1. The summed E-state index contributed by atoms with van der Waals surface area (Å²) in [6.45, 7) is 6.64. The number of likely N-dealkylation sites (tertiary alicyclic amines) is 1. The minimum absolute atomic E-state index is 0.0487. The van der Waals surface area contributed by atoms with E-state index in [2.05, 4.69) is 10.3 Å². The van der Waals surface area contributed by atoms with Gasteiger partial charge in [-0.2, -0.15) is 0 Å². The fraction of sp³-hybridized carbons (Fsp3) is 0.588. The molecule has 1 saturated heterocycles. The van der Waals surface area contributed by atoms with Gasteiger partial charge in [-0.05, 0) is 46.1 Å². The monoisotopic (exact) mass is 349 g/mol. The van der Waals surface area contributed by atoms with Gasteiger partial charge in [0.05, 0.1) is 23.8 Å². The number of fused-ring (bicyclic) bond motifs is 1. The normalized spacial score (nSPS) is 18.6. The lowest BCUT2D eigenvalue weighted by molar-refractivity contribution is 0.00748. The molecule has 0 aliphatic carbocycles. The zero-order chi connectivity index (χ0) is 18.2. The first-order chi connectivity index (χ1) is 11.7. The van der Waals surface area contributed by atoms with E-state index < -0.39 is 11.4 Å². The summed E-state index contributed by atoms with van der Waals surface area (Å²) in [5.74, 6) is -0.497. The van der Waals surface area contributed by atoms with Gasteiger partial charge >= 0.3 is 6.09 Å². The maximum absolute atomic E-state index is 13.8. The predicted octanol–water partition coefficient (Wildman–Crippen LogP) is 2.94. The minimum Gasteiger partial charge on any atom is -0.444 e. The molecular weight excluding hydrogens is 325 g/mol. The van der Waals surface area contributed by atoms with Crippen molar-refractivity contribution in [3.63, 3.8) is 0 Å². The first-order valence-corrected chi connectivity index (χ1v) is 8.52. The van der Waals surface area contributed by atoms with Gasteiger partial charge < -0.3 is 15.4 Å². The highest BCUT2D eigenvalue weighted by Crippen LogP contribution is 2.24. The molecule has 1 aromatic carbocycles. The summed E-state index contributed by atoms with van der Waals surface area (Å²) >= 11 is 0. The number of amides is 1. The summed E-state index contributed by atoms with van der Waals surface area (Å²) in [6.07, 6.45) is 2.49. The quantitative estimate of drug-likeness (QED) is 0.843. The Morgan fingerprint density at radius 2 is 2.16 bits per heavy atom. The van der Waals surface area contributed by atoms with Crippen LogP contribution in [0.2, 0.25) is 0 Å². The highest BCUT2D eigenvalue weighted by molar-refractivity contribution is 5.78. The average molecular weight is 349 g/mol. The van der Waals surface area contributed by atoms with Crippen LogP contribution in [0.15, 0.2) is 12.1 Å². The topological polar surface area (TPSA) is 86.3 Å². The number of rotatable bonds is 2. The molecule has 25 heavy (non-hydrogen) atoms. The van der Waals surface area contributed by atoms with Crippen LogP contribution in [-0.4, -0.2) is 44.2 Å². The van der Waals surface area contributed by atoms with Gasteiger partial charge in [0.25, 0.3) is 0 Å². The molecule has 0 saturated carbocycles. The van der Waals surface area contributed by atoms with E-state index in [1.165, 1.54) is 12.1 Å². The van der Waals surface area contributed by atoms with Crippen molar-refractivity contribution >= 4 is 22.8 Å². The van der Waals surface area contributed by atoms with Crippen LogP contribution in [0.5, 0.6) is 0 Å². The van der Waals surface area contributed by atoms with Crippen molar-refractivity contribution in [2.24, 2.45) is 0 Å². The number of piperidine rings is 1. The number of ether oxygens (including phenoxy) is 1. The Morgan fingerprint density at radius 1 is 1.40 bits per heavy atom. The molecule has 7 nitrogen and oxygen atoms in total. The van der Waals surface area contributed by atoms with Gasteiger partial charge in [-0.1, -0.05) is 5.21 Å². The minimum atomic E-state index is -0.542. The van der Waals surface area contributed by atoms with Crippen LogP contribution in [0.4, 0.5) is 14.9 Å². The number of halogens is 1. The second-order valence-corrected chi connectivity index (χ2v) is 7.46. The van der Waals surface area contributed by atoms with Crippen molar-refractivity contribution in [3.8, 4) is 0 Å². The zero-order valence-corrected chi connectivity index (χ0v) is 14.8. The predicted molar refractivity (Wildman–Crippen MR) is 92.5 cm³/mol. The van der Waals surface area contributed by atoms with Crippen LogP contribution in [0.25, 0.3) is 11.0 Å². The molecule has 1 atom stereocenters. The summed E-state index contributed by atoms with van der Waals surface area (Å²) in [4.78, 5) is 14.2. The SMILES string of the molecule is CC(C)(C)OC(=O)N1CCCCC1Cn1nnc2cc(N)c(F)cc21. The number of benzene rings is 1. The number of nitrogens with zero attached hydrogens (tertiary/aromatic N) is 4. The van der Waals surface area contributed by atoms with Crippen LogP contribution in [-0.2, 0) is 11.3 Å². The Morgan fingerprint density at radius 3 is 2.88 bits per heavy atom. The van der Waals surface area contributed by atoms with E-state index in [4.69, 9.17) is 10.5 Å². The number of nitrogens with two attached hydrogens (primary N) is 1. The third kappa shape index (κ3) is 3.83. The van der Waals surface area contributed by atoms with Crippen molar-refractivity contribution in [1.29, 1.82) is 0 Å². The number of aromatic nitrogens is 3. The Balaban J connectivity index is 1.82. The molecule has 8 heteroatoms. The molecule has 136 valence electrons. The second-order valence-electron chi connectivity index (χ2n) is 7.46. The molecule has 2 heterocycles. The third-order valence-corrected chi connectivity index (χ3v) is 4.27. The zero-order valence-electron chi connectivity index (χ0n) is 14.8. The fourth-order valence-electron chi connectivity index (χ4n) is 3.09. The molecule has 3 rings (SSSR count). The van der Waals surface area contributed by atoms with Crippen molar-refractivity contribution in [1.82, 2.24) is 19.9 Å². The van der Waals surface area contributed by atoms with Crippen molar-refractivity contribution in [2.45, 2.75) is 58.2 Å². The molecule has 0 bridgehead atoms. The maximum atomic E-state index is 13.8. The molecular formula is C17H24FN5O2. The van der Waals surface area contributed by atoms with E-state index in [0.717, 1.165) is 19.3 Å². The molecule has 2 aromatic rings. The van der Waals surface area contributed by atoms with Gasteiger partial charge in [0.2, 0.25) is 0 Å². The summed E-state index contributed by atoms with van der Waals surface area (Å²) < 4.78 is 20.9. The van der Waals surface area contributed by atoms with Crippen molar-refractivity contribution in [3.05, 3.63) is 17.9 Å². The summed E-state index contributed by atoms with van der Waals surface area (Å²) in [5.41, 5.74) is 6.20. The Hall–Kier alpha value is -2.38. The highest BCUT2D eigenvalue weighted by Gasteiger charge is 2.31. The molecule has 1 aliphatic heterocycles. The van der Waals surface area contributed by atoms with Crippen molar-refractivity contribution < 1.29 is 13.9 Å². The van der Waals surface area contributed by atoms with Crippen LogP contribution < -0.4 is 5.73 Å². The van der Waals surface area contributed by atoms with Gasteiger partial charge in [-0.15, -0.1) is 5.10 Å². The van der Waals surface area contributed by atoms with Gasteiger partial charge in [-0.3, -0.25) is 0 Å². The summed E-state index contributed by atoms with van der Waals surface area (Å²) in [6, 6.07) is 2.75. The van der Waals surface area contributed by atoms with E-state index >= 15 is 0 Å². The summed E-state index contributed by atoms with van der Waals surface area (Å²) in [7, 11) is 0. The summed E-state index contributed by atoms with van der Waals surface area (Å²) in [5, 5.41) is 8.15. The molecule has 1 aliphatic rings. The fourth-order valence-corrected chi connectivity index (χ4v) is 3.09. The average Bonchev–Trinajstić information content (AvgIpc) is 2.89. The number of hydrogen-bond acceptors (Lipinski definition) is 5. The molecule has 0 spiro atoms. The van der Waals surface area contributed by atoms with Gasteiger partial charge in [0.15, 0.2) is 0 Å². The lowest BCUT2D eigenvalue weighted by Crippen LogP contribution is -2.48. The van der Waals surface area contributed by atoms with E-state index in [-0.39, 0.29) is 17.8 Å². The van der Waals surface area contributed by atoms with Crippen LogP contribution >= 0.6 is 0 Å².